The third-order valence-corrected chi connectivity index (χ3v) is 6.12. The smallest absolute Gasteiger partial charge is 0.319 e. The highest BCUT2D eigenvalue weighted by Crippen LogP contribution is 2.34. The molecule has 4 rings (SSSR count). The number of ether oxygens (including phenoxy) is 2. The summed E-state index contributed by atoms with van der Waals surface area (Å²) in [6.07, 6.45) is 0.387. The van der Waals surface area contributed by atoms with Crippen molar-refractivity contribution in [3.05, 3.63) is 53.6 Å². The number of hydrogen-bond donors (Lipinski definition) is 2. The predicted octanol–water partition coefficient (Wildman–Crippen LogP) is 3.42. The molecule has 2 N–H and O–H groups in total. The quantitative estimate of drug-likeness (QED) is 0.764. The van der Waals surface area contributed by atoms with Crippen molar-refractivity contribution in [1.29, 1.82) is 0 Å². The largest absolute Gasteiger partial charge is 0.454 e. The second-order valence-corrected chi connectivity index (χ2v) is 8.52. The van der Waals surface area contributed by atoms with Crippen molar-refractivity contribution in [2.45, 2.75) is 19.4 Å². The van der Waals surface area contributed by atoms with Crippen LogP contribution in [0.5, 0.6) is 11.5 Å². The van der Waals surface area contributed by atoms with E-state index in [1.54, 1.807) is 0 Å². The fraction of sp³-hybridized carbons (Fsp3) is 0.364. The van der Waals surface area contributed by atoms with Gasteiger partial charge in [-0.2, -0.15) is 11.8 Å². The van der Waals surface area contributed by atoms with Gasteiger partial charge in [-0.3, -0.25) is 4.79 Å². The van der Waals surface area contributed by atoms with E-state index >= 15 is 0 Å². The first-order valence-corrected chi connectivity index (χ1v) is 11.2. The molecule has 0 aliphatic carbocycles. The second-order valence-electron chi connectivity index (χ2n) is 7.30. The van der Waals surface area contributed by atoms with Crippen molar-refractivity contribution in [3.8, 4) is 11.5 Å². The molecule has 30 heavy (non-hydrogen) atoms. The zero-order chi connectivity index (χ0) is 20.9. The van der Waals surface area contributed by atoms with Crippen molar-refractivity contribution >= 4 is 29.4 Å². The van der Waals surface area contributed by atoms with Gasteiger partial charge >= 0.3 is 6.03 Å². The first kappa shape index (κ1) is 20.4. The molecule has 1 fully saturated rings. The average Bonchev–Trinajstić information content (AvgIpc) is 3.23. The number of benzene rings is 2. The third kappa shape index (κ3) is 4.99. The van der Waals surface area contributed by atoms with Gasteiger partial charge in [0.2, 0.25) is 12.7 Å². The van der Waals surface area contributed by atoms with Gasteiger partial charge in [0.15, 0.2) is 11.5 Å². The van der Waals surface area contributed by atoms with Crippen LogP contribution in [-0.4, -0.2) is 48.2 Å². The van der Waals surface area contributed by atoms with Crippen molar-refractivity contribution < 1.29 is 19.1 Å². The zero-order valence-corrected chi connectivity index (χ0v) is 17.7. The van der Waals surface area contributed by atoms with Crippen LogP contribution in [0.2, 0.25) is 0 Å². The number of nitrogens with zero attached hydrogens (tertiary/aromatic N) is 1. The van der Waals surface area contributed by atoms with Gasteiger partial charge in [0.1, 0.15) is 0 Å². The highest BCUT2D eigenvalue weighted by Gasteiger charge is 2.18. The molecule has 8 heteroatoms. The molecule has 2 aliphatic rings. The lowest BCUT2D eigenvalue weighted by atomic mass is 10.1. The predicted molar refractivity (Wildman–Crippen MR) is 117 cm³/mol. The summed E-state index contributed by atoms with van der Waals surface area (Å²) in [5.41, 5.74) is 2.55. The lowest BCUT2D eigenvalue weighted by molar-refractivity contribution is -0.130. The maximum absolute atomic E-state index is 12.4. The minimum Gasteiger partial charge on any atom is -0.454 e. The number of carbonyl (C=O) groups excluding carboxylic acids is 2. The van der Waals surface area contributed by atoms with Crippen LogP contribution in [0, 0.1) is 0 Å². The lowest BCUT2D eigenvalue weighted by Crippen LogP contribution is -2.38. The number of fused-ring (bicyclic) bond motifs is 1. The SMILES string of the molecule is CC(NC(=O)Nc1ccc(CC(=O)N2CCSCC2)cc1)c1ccc2c(c1)OCO2. The molecule has 1 unspecified atom stereocenters. The van der Waals surface area contributed by atoms with Crippen LogP contribution in [0.15, 0.2) is 42.5 Å². The molecule has 158 valence electrons. The van der Waals surface area contributed by atoms with E-state index in [-0.39, 0.29) is 24.8 Å². The number of carbonyl (C=O) groups is 2. The summed E-state index contributed by atoms with van der Waals surface area (Å²) in [5, 5.41) is 5.75. The van der Waals surface area contributed by atoms with Gasteiger partial charge in [0.25, 0.3) is 0 Å². The maximum atomic E-state index is 12.4. The number of nitrogens with one attached hydrogen (secondary N) is 2. The molecule has 2 aromatic carbocycles. The highest BCUT2D eigenvalue weighted by molar-refractivity contribution is 7.99. The Balaban J connectivity index is 1.28. The van der Waals surface area contributed by atoms with Gasteiger partial charge in [0, 0.05) is 30.3 Å². The van der Waals surface area contributed by atoms with Gasteiger partial charge in [0.05, 0.1) is 12.5 Å². The van der Waals surface area contributed by atoms with Crippen LogP contribution in [0.3, 0.4) is 0 Å². The molecule has 0 spiro atoms. The van der Waals surface area contributed by atoms with Crippen LogP contribution in [-0.2, 0) is 11.2 Å². The Kier molecular flexibility index (Phi) is 6.32. The van der Waals surface area contributed by atoms with Crippen molar-refractivity contribution in [3.63, 3.8) is 0 Å². The molecule has 0 radical (unpaired) electrons. The number of thioether (sulfide) groups is 1. The van der Waals surface area contributed by atoms with Crippen molar-refractivity contribution in [2.24, 2.45) is 0 Å². The number of urea groups is 1. The minimum atomic E-state index is -0.296. The van der Waals surface area contributed by atoms with E-state index in [0.717, 1.165) is 35.7 Å². The third-order valence-electron chi connectivity index (χ3n) is 5.18. The molecular weight excluding hydrogens is 402 g/mol. The Morgan fingerprint density at radius 2 is 1.80 bits per heavy atom. The fourth-order valence-electron chi connectivity index (χ4n) is 3.43. The molecule has 0 aromatic heterocycles. The molecule has 2 aromatic rings. The molecule has 2 aliphatic heterocycles. The van der Waals surface area contributed by atoms with E-state index in [9.17, 15) is 9.59 Å². The lowest BCUT2D eigenvalue weighted by Gasteiger charge is -2.26. The summed E-state index contributed by atoms with van der Waals surface area (Å²) in [6, 6.07) is 12.5. The van der Waals surface area contributed by atoms with E-state index in [1.807, 2.05) is 66.1 Å². The van der Waals surface area contributed by atoms with Gasteiger partial charge < -0.3 is 25.0 Å². The molecule has 7 nitrogen and oxygen atoms in total. The molecule has 0 bridgehead atoms. The van der Waals surface area contributed by atoms with Crippen LogP contribution in [0.25, 0.3) is 0 Å². The summed E-state index contributed by atoms with van der Waals surface area (Å²) in [4.78, 5) is 26.7. The van der Waals surface area contributed by atoms with Crippen LogP contribution in [0.1, 0.15) is 24.1 Å². The number of anilines is 1. The van der Waals surface area contributed by atoms with Crippen molar-refractivity contribution in [2.75, 3.05) is 36.7 Å². The normalized spacial score (nSPS) is 16.1. The summed E-state index contributed by atoms with van der Waals surface area (Å²) in [5.74, 6) is 3.58. The van der Waals surface area contributed by atoms with Crippen molar-refractivity contribution in [1.82, 2.24) is 10.2 Å². The van der Waals surface area contributed by atoms with E-state index in [4.69, 9.17) is 9.47 Å². The standard InChI is InChI=1S/C22H25N3O4S/c1-15(17-4-7-19-20(13-17)29-14-28-19)23-22(27)24-18-5-2-16(3-6-18)12-21(26)25-8-10-30-11-9-25/h2-7,13,15H,8-12,14H2,1H3,(H2,23,24,27). The summed E-state index contributed by atoms with van der Waals surface area (Å²) < 4.78 is 10.7. The Morgan fingerprint density at radius 1 is 1.07 bits per heavy atom. The van der Waals surface area contributed by atoms with Crippen LogP contribution >= 0.6 is 11.8 Å². The fourth-order valence-corrected chi connectivity index (χ4v) is 4.34. The Hall–Kier alpha value is -2.87. The van der Waals surface area contributed by atoms with E-state index < -0.39 is 0 Å². The number of amides is 3. The topological polar surface area (TPSA) is 79.9 Å². The first-order chi connectivity index (χ1) is 14.6. The maximum Gasteiger partial charge on any atom is 0.319 e. The molecule has 2 heterocycles. The Morgan fingerprint density at radius 3 is 2.57 bits per heavy atom. The zero-order valence-electron chi connectivity index (χ0n) is 16.8. The van der Waals surface area contributed by atoms with E-state index in [0.29, 0.717) is 23.6 Å². The second kappa shape index (κ2) is 9.30. The Labute approximate surface area is 180 Å². The van der Waals surface area contributed by atoms with Crippen LogP contribution < -0.4 is 20.1 Å². The number of hydrogen-bond acceptors (Lipinski definition) is 5. The van der Waals surface area contributed by atoms with Gasteiger partial charge in [-0.25, -0.2) is 4.79 Å². The molecule has 1 saturated heterocycles. The van der Waals surface area contributed by atoms with Gasteiger partial charge in [-0.05, 0) is 42.3 Å². The van der Waals surface area contributed by atoms with Gasteiger partial charge in [-0.1, -0.05) is 18.2 Å². The average molecular weight is 428 g/mol. The molecule has 1 atom stereocenters. The Bertz CT molecular complexity index is 913. The summed E-state index contributed by atoms with van der Waals surface area (Å²) in [7, 11) is 0. The number of rotatable bonds is 5. The summed E-state index contributed by atoms with van der Waals surface area (Å²) in [6.45, 7) is 3.78. The van der Waals surface area contributed by atoms with Crippen LogP contribution in [0.4, 0.5) is 10.5 Å². The molecular formula is C22H25N3O4S. The summed E-state index contributed by atoms with van der Waals surface area (Å²) >= 11 is 1.89. The van der Waals surface area contributed by atoms with E-state index in [2.05, 4.69) is 10.6 Å². The highest BCUT2D eigenvalue weighted by atomic mass is 32.2. The first-order valence-electron chi connectivity index (χ1n) is 10.00. The monoisotopic (exact) mass is 427 g/mol. The van der Waals surface area contributed by atoms with E-state index in [1.165, 1.54) is 0 Å². The molecule has 3 amide bonds. The molecule has 0 saturated carbocycles. The minimum absolute atomic E-state index is 0.159. The van der Waals surface area contributed by atoms with Gasteiger partial charge in [-0.15, -0.1) is 0 Å².